The van der Waals surface area contributed by atoms with E-state index >= 15 is 0 Å². The molecule has 3 N–H and O–H groups in total. The van der Waals surface area contributed by atoms with Crippen LogP contribution >= 0.6 is 0 Å². The molecule has 0 radical (unpaired) electrons. The molecule has 1 heterocycles. The average Bonchev–Trinajstić information content (AvgIpc) is 2.28. The Labute approximate surface area is 105 Å². The van der Waals surface area contributed by atoms with Crippen LogP contribution in [0.15, 0.2) is 18.2 Å². The smallest absolute Gasteiger partial charge is 0.126 e. The molecular weight excluding hydrogens is 236 g/mol. The summed E-state index contributed by atoms with van der Waals surface area (Å²) in [6, 6.07) is 3.60. The van der Waals surface area contributed by atoms with Gasteiger partial charge in [0.15, 0.2) is 0 Å². The number of hydrogen-bond donors (Lipinski definition) is 2. The monoisotopic (exact) mass is 253 g/mol. The predicted molar refractivity (Wildman–Crippen MR) is 66.3 cm³/mol. The number of nitrogens with zero attached hydrogens (tertiary/aromatic N) is 1. The normalized spacial score (nSPS) is 17.9. The molecule has 0 saturated carbocycles. The molecule has 1 fully saturated rings. The third kappa shape index (κ3) is 3.26. The number of piperidine rings is 1. The molecule has 1 aliphatic heterocycles. The van der Waals surface area contributed by atoms with E-state index in [4.69, 9.17) is 11.1 Å². The first-order chi connectivity index (χ1) is 8.54. The number of hydrogen-bond acceptors (Lipinski definition) is 2. The van der Waals surface area contributed by atoms with Crippen molar-refractivity contribution in [2.75, 3.05) is 13.1 Å². The van der Waals surface area contributed by atoms with Gasteiger partial charge >= 0.3 is 0 Å². The topological polar surface area (TPSA) is 53.1 Å². The van der Waals surface area contributed by atoms with Gasteiger partial charge in [-0.15, -0.1) is 0 Å². The van der Waals surface area contributed by atoms with E-state index in [0.29, 0.717) is 12.1 Å². The van der Waals surface area contributed by atoms with E-state index < -0.39 is 11.6 Å². The lowest BCUT2D eigenvalue weighted by Gasteiger charge is -2.31. The van der Waals surface area contributed by atoms with E-state index in [1.807, 2.05) is 0 Å². The van der Waals surface area contributed by atoms with Crippen molar-refractivity contribution in [1.82, 2.24) is 4.90 Å². The van der Waals surface area contributed by atoms with Crippen molar-refractivity contribution >= 4 is 5.84 Å². The van der Waals surface area contributed by atoms with Gasteiger partial charge < -0.3 is 5.73 Å². The molecule has 1 aliphatic rings. The van der Waals surface area contributed by atoms with Gasteiger partial charge in [0.25, 0.3) is 0 Å². The molecule has 0 unspecified atom stereocenters. The molecule has 0 amide bonds. The summed E-state index contributed by atoms with van der Waals surface area (Å²) in [5.41, 5.74) is 6.12. The molecule has 2 rings (SSSR count). The summed E-state index contributed by atoms with van der Waals surface area (Å²) in [6.45, 7) is 2.16. The summed E-state index contributed by atoms with van der Waals surface area (Å²) in [5.74, 6) is -0.677. The Morgan fingerprint density at radius 2 is 1.78 bits per heavy atom. The van der Waals surface area contributed by atoms with Gasteiger partial charge in [-0.05, 0) is 43.6 Å². The van der Waals surface area contributed by atoms with Gasteiger partial charge in [-0.25, -0.2) is 8.78 Å². The lowest BCUT2D eigenvalue weighted by atomic mass is 9.95. The third-order valence-corrected chi connectivity index (χ3v) is 3.36. The standard InChI is InChI=1S/C13H17F2N3/c14-11-5-9(6-12(15)7-11)8-18-3-1-10(2-4-18)13(16)17/h5-7,10H,1-4,8H2,(H3,16,17). The number of nitrogens with two attached hydrogens (primary N) is 1. The second-order valence-electron chi connectivity index (χ2n) is 4.78. The van der Waals surface area contributed by atoms with Crippen LogP contribution in [0.1, 0.15) is 18.4 Å². The molecule has 3 nitrogen and oxygen atoms in total. The molecule has 1 aromatic carbocycles. The van der Waals surface area contributed by atoms with Crippen LogP contribution in [0.25, 0.3) is 0 Å². The maximum atomic E-state index is 13.0. The van der Waals surface area contributed by atoms with Crippen molar-refractivity contribution in [2.45, 2.75) is 19.4 Å². The maximum Gasteiger partial charge on any atom is 0.126 e. The van der Waals surface area contributed by atoms with Crippen LogP contribution in [0.3, 0.4) is 0 Å². The van der Waals surface area contributed by atoms with Gasteiger partial charge in [0, 0.05) is 18.5 Å². The molecule has 1 saturated heterocycles. The first-order valence-electron chi connectivity index (χ1n) is 6.06. The summed E-state index contributed by atoms with van der Waals surface area (Å²) in [6.07, 6.45) is 1.68. The first kappa shape index (κ1) is 13.0. The van der Waals surface area contributed by atoms with Crippen LogP contribution in [-0.2, 0) is 6.54 Å². The minimum absolute atomic E-state index is 0.158. The summed E-state index contributed by atoms with van der Waals surface area (Å²) in [5, 5.41) is 7.39. The molecule has 0 aromatic heterocycles. The van der Waals surface area contributed by atoms with Crippen LogP contribution in [-0.4, -0.2) is 23.8 Å². The highest BCUT2D eigenvalue weighted by molar-refractivity contribution is 5.79. The highest BCUT2D eigenvalue weighted by atomic mass is 19.1. The van der Waals surface area contributed by atoms with Gasteiger partial charge in [-0.1, -0.05) is 0 Å². The number of halogens is 2. The number of benzene rings is 1. The van der Waals surface area contributed by atoms with E-state index in [2.05, 4.69) is 4.90 Å². The Kier molecular flexibility index (Phi) is 3.91. The van der Waals surface area contributed by atoms with Gasteiger partial charge in [0.1, 0.15) is 11.6 Å². The van der Waals surface area contributed by atoms with Gasteiger partial charge in [0.2, 0.25) is 0 Å². The third-order valence-electron chi connectivity index (χ3n) is 3.36. The number of nitrogens with one attached hydrogen (secondary N) is 1. The zero-order valence-electron chi connectivity index (χ0n) is 10.1. The van der Waals surface area contributed by atoms with E-state index in [0.717, 1.165) is 32.0 Å². The van der Waals surface area contributed by atoms with E-state index in [1.165, 1.54) is 12.1 Å². The molecule has 1 aromatic rings. The molecule has 0 aliphatic carbocycles. The molecule has 98 valence electrons. The number of likely N-dealkylation sites (tertiary alicyclic amines) is 1. The van der Waals surface area contributed by atoms with Crippen molar-refractivity contribution < 1.29 is 8.78 Å². The largest absolute Gasteiger partial charge is 0.387 e. The zero-order chi connectivity index (χ0) is 13.1. The average molecular weight is 253 g/mol. The summed E-state index contributed by atoms with van der Waals surface area (Å²) in [4.78, 5) is 2.13. The summed E-state index contributed by atoms with van der Waals surface area (Å²) < 4.78 is 26.1. The van der Waals surface area contributed by atoms with Gasteiger partial charge in [0.05, 0.1) is 5.84 Å². The minimum atomic E-state index is -0.538. The molecule has 5 heteroatoms. The van der Waals surface area contributed by atoms with Crippen LogP contribution in [0.4, 0.5) is 8.78 Å². The fourth-order valence-electron chi connectivity index (χ4n) is 2.36. The Morgan fingerprint density at radius 3 is 2.28 bits per heavy atom. The van der Waals surface area contributed by atoms with Crippen LogP contribution in [0.2, 0.25) is 0 Å². The first-order valence-corrected chi connectivity index (χ1v) is 6.06. The van der Waals surface area contributed by atoms with Crippen molar-refractivity contribution in [2.24, 2.45) is 11.7 Å². The summed E-state index contributed by atoms with van der Waals surface area (Å²) in [7, 11) is 0. The number of amidine groups is 1. The van der Waals surface area contributed by atoms with Gasteiger partial charge in [-0.3, -0.25) is 10.3 Å². The van der Waals surface area contributed by atoms with Crippen LogP contribution in [0.5, 0.6) is 0 Å². The number of rotatable bonds is 3. The fraction of sp³-hybridized carbons (Fsp3) is 0.462. The van der Waals surface area contributed by atoms with Crippen molar-refractivity contribution in [3.8, 4) is 0 Å². The SMILES string of the molecule is N=C(N)C1CCN(Cc2cc(F)cc(F)c2)CC1. The molecule has 0 spiro atoms. The molecule has 18 heavy (non-hydrogen) atoms. The molecule has 0 atom stereocenters. The lowest BCUT2D eigenvalue weighted by Crippen LogP contribution is -2.37. The zero-order valence-corrected chi connectivity index (χ0v) is 10.1. The van der Waals surface area contributed by atoms with E-state index in [1.54, 1.807) is 0 Å². The van der Waals surface area contributed by atoms with Gasteiger partial charge in [-0.2, -0.15) is 0 Å². The fourth-order valence-corrected chi connectivity index (χ4v) is 2.36. The Morgan fingerprint density at radius 1 is 1.22 bits per heavy atom. The van der Waals surface area contributed by atoms with Crippen molar-refractivity contribution in [3.05, 3.63) is 35.4 Å². The maximum absolute atomic E-state index is 13.0. The Balaban J connectivity index is 1.93. The highest BCUT2D eigenvalue weighted by Crippen LogP contribution is 2.19. The van der Waals surface area contributed by atoms with Crippen LogP contribution < -0.4 is 5.73 Å². The van der Waals surface area contributed by atoms with Crippen molar-refractivity contribution in [1.29, 1.82) is 5.41 Å². The Hall–Kier alpha value is -1.49. The van der Waals surface area contributed by atoms with Crippen molar-refractivity contribution in [3.63, 3.8) is 0 Å². The molecular formula is C13H17F2N3. The second-order valence-corrected chi connectivity index (χ2v) is 4.78. The van der Waals surface area contributed by atoms with E-state index in [9.17, 15) is 8.78 Å². The molecule has 0 bridgehead atoms. The summed E-state index contributed by atoms with van der Waals surface area (Å²) >= 11 is 0. The Bertz CT molecular complexity index is 420. The second kappa shape index (κ2) is 5.44. The highest BCUT2D eigenvalue weighted by Gasteiger charge is 2.21. The minimum Gasteiger partial charge on any atom is -0.387 e. The predicted octanol–water partition coefficient (Wildman–Crippen LogP) is 2.11. The quantitative estimate of drug-likeness (QED) is 0.640. The van der Waals surface area contributed by atoms with Crippen LogP contribution in [0, 0.1) is 23.0 Å². The van der Waals surface area contributed by atoms with E-state index in [-0.39, 0.29) is 11.8 Å². The lowest BCUT2D eigenvalue weighted by molar-refractivity contribution is 0.201.